The van der Waals surface area contributed by atoms with Crippen molar-refractivity contribution in [1.29, 1.82) is 0 Å². The van der Waals surface area contributed by atoms with Gasteiger partial charge in [0.1, 0.15) is 11.2 Å². The van der Waals surface area contributed by atoms with Crippen LogP contribution in [-0.4, -0.2) is 0 Å². The van der Waals surface area contributed by atoms with Crippen LogP contribution >= 0.6 is 0 Å². The third-order valence-corrected chi connectivity index (χ3v) is 10.5. The second-order valence-corrected chi connectivity index (χ2v) is 13.7. The Morgan fingerprint density at radius 3 is 1.69 bits per heavy atom. The fraction of sp³-hybridized carbons (Fsp3) is 0. The van der Waals surface area contributed by atoms with Gasteiger partial charge in [0, 0.05) is 27.7 Å². The van der Waals surface area contributed by atoms with Crippen LogP contribution in [0.4, 0.5) is 17.1 Å². The third kappa shape index (κ3) is 5.62. The van der Waals surface area contributed by atoms with Gasteiger partial charge in [-0.15, -0.1) is 0 Å². The number of nitrogens with zero attached hydrogens (tertiary/aromatic N) is 1. The molecule has 0 unspecified atom stereocenters. The van der Waals surface area contributed by atoms with E-state index < -0.39 is 0 Å². The maximum Gasteiger partial charge on any atom is 0.136 e. The predicted molar refractivity (Wildman–Crippen MR) is 228 cm³/mol. The maximum atomic E-state index is 6.23. The van der Waals surface area contributed by atoms with Gasteiger partial charge in [-0.05, 0) is 98.2 Å². The zero-order valence-electron chi connectivity index (χ0n) is 29.6. The summed E-state index contributed by atoms with van der Waals surface area (Å²) in [6, 6.07) is 75.9. The van der Waals surface area contributed by atoms with Gasteiger partial charge in [0.15, 0.2) is 0 Å². The van der Waals surface area contributed by atoms with E-state index in [9.17, 15) is 0 Å². The van der Waals surface area contributed by atoms with Gasteiger partial charge in [-0.2, -0.15) is 0 Å². The van der Waals surface area contributed by atoms with Crippen molar-refractivity contribution >= 4 is 49.8 Å². The highest BCUT2D eigenvalue weighted by Crippen LogP contribution is 2.43. The van der Waals surface area contributed by atoms with Crippen molar-refractivity contribution in [1.82, 2.24) is 0 Å². The van der Waals surface area contributed by atoms with Crippen molar-refractivity contribution in [2.75, 3.05) is 4.90 Å². The highest BCUT2D eigenvalue weighted by Gasteiger charge is 2.18. The molecule has 0 spiro atoms. The van der Waals surface area contributed by atoms with E-state index in [0.717, 1.165) is 50.1 Å². The van der Waals surface area contributed by atoms with Gasteiger partial charge >= 0.3 is 0 Å². The zero-order chi connectivity index (χ0) is 35.8. The summed E-state index contributed by atoms with van der Waals surface area (Å²) in [4.78, 5) is 2.37. The molecule has 0 amide bonds. The molecular weight excluding hydrogens is 655 g/mol. The molecule has 2 nitrogen and oxygen atoms in total. The van der Waals surface area contributed by atoms with Gasteiger partial charge in [0.05, 0.1) is 5.69 Å². The monoisotopic (exact) mass is 689 g/mol. The van der Waals surface area contributed by atoms with Gasteiger partial charge in [-0.3, -0.25) is 0 Å². The fourth-order valence-corrected chi connectivity index (χ4v) is 7.91. The Kier molecular flexibility index (Phi) is 7.85. The number of para-hydroxylation sites is 2. The van der Waals surface area contributed by atoms with Crippen molar-refractivity contribution in [3.05, 3.63) is 212 Å². The first-order valence-electron chi connectivity index (χ1n) is 18.4. The lowest BCUT2D eigenvalue weighted by molar-refractivity contribution is 0.669. The number of benzene rings is 9. The predicted octanol–water partition coefficient (Wildman–Crippen LogP) is 14.9. The molecule has 10 rings (SSSR count). The normalized spacial score (nSPS) is 11.3. The standard InChI is InChI=1S/C52H35NO/c1-2-13-38(14-3-1)46-20-6-8-24-49(46)53(43-33-29-39(30-34-43)47-23-12-26-51-52(47)48-21-7-9-25-50(48)54-51)42-31-27-36(28-32-42)40-17-10-18-41(35-40)45-22-11-16-37-15-4-5-19-44(37)45/h1-35H. The van der Waals surface area contributed by atoms with Gasteiger partial charge in [-0.1, -0.05) is 164 Å². The first kappa shape index (κ1) is 31.6. The molecule has 0 aliphatic carbocycles. The molecule has 0 saturated heterocycles. The molecule has 0 atom stereocenters. The molecule has 54 heavy (non-hydrogen) atoms. The van der Waals surface area contributed by atoms with Crippen LogP contribution in [0.1, 0.15) is 0 Å². The highest BCUT2D eigenvalue weighted by molar-refractivity contribution is 6.12. The molecule has 1 heterocycles. The summed E-state index contributed by atoms with van der Waals surface area (Å²) < 4.78 is 6.23. The van der Waals surface area contributed by atoms with E-state index in [0.29, 0.717) is 0 Å². The Morgan fingerprint density at radius 1 is 0.315 bits per heavy atom. The lowest BCUT2D eigenvalue weighted by Crippen LogP contribution is -2.11. The second-order valence-electron chi connectivity index (χ2n) is 13.7. The van der Waals surface area contributed by atoms with Gasteiger partial charge in [-0.25, -0.2) is 0 Å². The number of anilines is 3. The lowest BCUT2D eigenvalue weighted by atomic mass is 9.95. The Hall–Kier alpha value is -7.16. The quantitative estimate of drug-likeness (QED) is 0.166. The molecule has 254 valence electrons. The van der Waals surface area contributed by atoms with E-state index in [1.165, 1.54) is 44.2 Å². The smallest absolute Gasteiger partial charge is 0.136 e. The summed E-state index contributed by atoms with van der Waals surface area (Å²) in [6.45, 7) is 0. The van der Waals surface area contributed by atoms with Gasteiger partial charge < -0.3 is 9.32 Å². The lowest BCUT2D eigenvalue weighted by Gasteiger charge is -2.28. The van der Waals surface area contributed by atoms with Crippen molar-refractivity contribution in [3.63, 3.8) is 0 Å². The van der Waals surface area contributed by atoms with Crippen molar-refractivity contribution < 1.29 is 4.42 Å². The summed E-state index contributed by atoms with van der Waals surface area (Å²) >= 11 is 0. The number of hydrogen-bond donors (Lipinski definition) is 0. The average molecular weight is 690 g/mol. The van der Waals surface area contributed by atoms with Crippen LogP contribution < -0.4 is 4.90 Å². The Bertz CT molecular complexity index is 2920. The van der Waals surface area contributed by atoms with Crippen molar-refractivity contribution in [2.45, 2.75) is 0 Å². The molecule has 0 aliphatic heterocycles. The second kappa shape index (κ2) is 13.4. The minimum atomic E-state index is 0.902. The molecule has 0 saturated carbocycles. The van der Waals surface area contributed by atoms with E-state index in [1.54, 1.807) is 0 Å². The molecular formula is C52H35NO. The van der Waals surface area contributed by atoms with Crippen LogP contribution in [0.3, 0.4) is 0 Å². The molecule has 10 aromatic rings. The van der Waals surface area contributed by atoms with Crippen LogP contribution in [0.2, 0.25) is 0 Å². The summed E-state index contributed by atoms with van der Waals surface area (Å²) in [7, 11) is 0. The Balaban J connectivity index is 1.06. The Morgan fingerprint density at radius 2 is 0.852 bits per heavy atom. The van der Waals surface area contributed by atoms with Crippen molar-refractivity contribution in [3.8, 4) is 44.5 Å². The van der Waals surface area contributed by atoms with Crippen molar-refractivity contribution in [2.24, 2.45) is 0 Å². The topological polar surface area (TPSA) is 16.4 Å². The van der Waals surface area contributed by atoms with E-state index in [-0.39, 0.29) is 0 Å². The largest absolute Gasteiger partial charge is 0.456 e. The molecule has 0 fully saturated rings. The van der Waals surface area contributed by atoms with Crippen LogP contribution in [0.5, 0.6) is 0 Å². The van der Waals surface area contributed by atoms with Gasteiger partial charge in [0.2, 0.25) is 0 Å². The first-order valence-corrected chi connectivity index (χ1v) is 18.4. The van der Waals surface area contributed by atoms with Crippen LogP contribution in [0.15, 0.2) is 217 Å². The number of hydrogen-bond acceptors (Lipinski definition) is 2. The van der Waals surface area contributed by atoms with E-state index in [1.807, 2.05) is 12.1 Å². The summed E-state index contributed by atoms with van der Waals surface area (Å²) in [5.41, 5.74) is 14.6. The number of fused-ring (bicyclic) bond motifs is 4. The molecule has 1 aromatic heterocycles. The Labute approximate surface area is 314 Å². The van der Waals surface area contributed by atoms with E-state index in [2.05, 4.69) is 205 Å². The number of furan rings is 1. The molecule has 0 aliphatic rings. The average Bonchev–Trinajstić information content (AvgIpc) is 3.64. The minimum absolute atomic E-state index is 0.902. The molecule has 2 heteroatoms. The maximum absolute atomic E-state index is 6.23. The third-order valence-electron chi connectivity index (χ3n) is 10.5. The van der Waals surface area contributed by atoms with Crippen LogP contribution in [0, 0.1) is 0 Å². The fourth-order valence-electron chi connectivity index (χ4n) is 7.91. The highest BCUT2D eigenvalue weighted by atomic mass is 16.3. The summed E-state index contributed by atoms with van der Waals surface area (Å²) in [6.07, 6.45) is 0. The molecule has 0 bridgehead atoms. The molecule has 0 radical (unpaired) electrons. The zero-order valence-corrected chi connectivity index (χ0v) is 29.6. The first-order chi connectivity index (χ1) is 26.8. The number of rotatable bonds is 7. The van der Waals surface area contributed by atoms with E-state index >= 15 is 0 Å². The molecule has 0 N–H and O–H groups in total. The van der Waals surface area contributed by atoms with Gasteiger partial charge in [0.25, 0.3) is 0 Å². The van der Waals surface area contributed by atoms with Crippen LogP contribution in [0.25, 0.3) is 77.2 Å². The van der Waals surface area contributed by atoms with Crippen LogP contribution in [-0.2, 0) is 0 Å². The summed E-state index contributed by atoms with van der Waals surface area (Å²) in [5.74, 6) is 0. The SMILES string of the molecule is c1ccc(-c2ccccc2N(c2ccc(-c3cccc(-c4cccc5ccccc45)c3)cc2)c2ccc(-c3cccc4oc5ccccc5c34)cc2)cc1. The minimum Gasteiger partial charge on any atom is -0.456 e. The molecule has 9 aromatic carbocycles. The summed E-state index contributed by atoms with van der Waals surface area (Å²) in [5, 5.41) is 4.79. The van der Waals surface area contributed by atoms with E-state index in [4.69, 9.17) is 4.42 Å².